The highest BCUT2D eigenvalue weighted by molar-refractivity contribution is 5.85. The molecule has 1 atom stereocenters. The maximum Gasteiger partial charge on any atom is 0.0366 e. The zero-order valence-corrected chi connectivity index (χ0v) is 13.8. The number of rotatable bonds is 3. The van der Waals surface area contributed by atoms with Gasteiger partial charge in [0.05, 0.1) is 0 Å². The number of hydrogen-bond acceptors (Lipinski definition) is 3. The molecule has 21 heavy (non-hydrogen) atoms. The van der Waals surface area contributed by atoms with Gasteiger partial charge in [0.2, 0.25) is 0 Å². The fraction of sp³-hybridized carbons (Fsp3) is 0.647. The Morgan fingerprint density at radius 1 is 1.05 bits per heavy atom. The van der Waals surface area contributed by atoms with Crippen molar-refractivity contribution < 1.29 is 0 Å². The van der Waals surface area contributed by atoms with Crippen molar-refractivity contribution in [2.24, 2.45) is 5.73 Å². The Kier molecular flexibility index (Phi) is 5.91. The van der Waals surface area contributed by atoms with Gasteiger partial charge in [0.25, 0.3) is 0 Å². The third kappa shape index (κ3) is 3.91. The molecule has 4 heteroatoms. The third-order valence-corrected chi connectivity index (χ3v) is 4.95. The molecular formula is C17H28ClN3. The molecule has 3 nitrogen and oxygen atoms in total. The van der Waals surface area contributed by atoms with Gasteiger partial charge in [0, 0.05) is 44.0 Å². The summed E-state index contributed by atoms with van der Waals surface area (Å²) in [6.07, 6.45) is 4.86. The number of anilines is 1. The van der Waals surface area contributed by atoms with Crippen LogP contribution < -0.4 is 10.6 Å². The highest BCUT2D eigenvalue weighted by Crippen LogP contribution is 2.25. The number of nitrogens with two attached hydrogens (primary N) is 1. The summed E-state index contributed by atoms with van der Waals surface area (Å²) in [5, 5.41) is 0. The van der Waals surface area contributed by atoms with Crippen LogP contribution in [0, 0.1) is 0 Å². The van der Waals surface area contributed by atoms with Gasteiger partial charge in [-0.05, 0) is 43.4 Å². The van der Waals surface area contributed by atoms with E-state index in [4.69, 9.17) is 5.73 Å². The fourth-order valence-electron chi connectivity index (χ4n) is 3.58. The minimum atomic E-state index is 0. The predicted molar refractivity (Wildman–Crippen MR) is 92.5 cm³/mol. The minimum Gasteiger partial charge on any atom is -0.371 e. The lowest BCUT2D eigenvalue weighted by molar-refractivity contribution is 0.205. The summed E-state index contributed by atoms with van der Waals surface area (Å²) in [6.45, 7) is 6.89. The van der Waals surface area contributed by atoms with E-state index in [1.54, 1.807) is 0 Å². The molecule has 2 saturated heterocycles. The molecule has 0 bridgehead atoms. The van der Waals surface area contributed by atoms with Gasteiger partial charge in [0.15, 0.2) is 0 Å². The lowest BCUT2D eigenvalue weighted by atomic mass is 10.0. The Hall–Kier alpha value is -0.770. The molecule has 2 aliphatic heterocycles. The van der Waals surface area contributed by atoms with Crippen LogP contribution in [0.3, 0.4) is 0 Å². The number of piperidine rings is 1. The number of likely N-dealkylation sites (tertiary alicyclic amines) is 1. The normalized spacial score (nSPS) is 24.1. The monoisotopic (exact) mass is 309 g/mol. The Balaban J connectivity index is 0.00000161. The van der Waals surface area contributed by atoms with Crippen LogP contribution in [0.1, 0.15) is 31.7 Å². The molecule has 1 aromatic rings. The van der Waals surface area contributed by atoms with Crippen LogP contribution >= 0.6 is 12.4 Å². The SMILES string of the molecule is CCc1ccc(N2CCC(N3CC[C@@H](N)C3)CC2)cc1.Cl. The first-order valence-electron chi connectivity index (χ1n) is 8.10. The molecule has 118 valence electrons. The van der Waals surface area contributed by atoms with E-state index in [0.29, 0.717) is 6.04 Å². The van der Waals surface area contributed by atoms with Crippen molar-refractivity contribution in [3.8, 4) is 0 Å². The van der Waals surface area contributed by atoms with Crippen LogP contribution in [0.5, 0.6) is 0 Å². The molecule has 2 fully saturated rings. The molecule has 2 heterocycles. The van der Waals surface area contributed by atoms with Gasteiger partial charge in [-0.25, -0.2) is 0 Å². The van der Waals surface area contributed by atoms with Crippen LogP contribution in [0.2, 0.25) is 0 Å². The highest BCUT2D eigenvalue weighted by atomic mass is 35.5. The second kappa shape index (κ2) is 7.48. The molecule has 0 amide bonds. The summed E-state index contributed by atoms with van der Waals surface area (Å²) < 4.78 is 0. The van der Waals surface area contributed by atoms with Crippen molar-refractivity contribution in [2.75, 3.05) is 31.1 Å². The summed E-state index contributed by atoms with van der Waals surface area (Å²) in [7, 11) is 0. The van der Waals surface area contributed by atoms with Crippen molar-refractivity contribution in [1.82, 2.24) is 4.90 Å². The molecule has 0 unspecified atom stereocenters. The highest BCUT2D eigenvalue weighted by Gasteiger charge is 2.29. The predicted octanol–water partition coefficient (Wildman–Crippen LogP) is 2.67. The number of hydrogen-bond donors (Lipinski definition) is 1. The smallest absolute Gasteiger partial charge is 0.0366 e. The Morgan fingerprint density at radius 2 is 1.71 bits per heavy atom. The average Bonchev–Trinajstić information content (AvgIpc) is 2.94. The molecule has 2 N–H and O–H groups in total. The molecule has 3 rings (SSSR count). The van der Waals surface area contributed by atoms with Crippen LogP contribution in [-0.2, 0) is 6.42 Å². The molecule has 0 radical (unpaired) electrons. The Morgan fingerprint density at radius 3 is 2.24 bits per heavy atom. The lowest BCUT2D eigenvalue weighted by Crippen LogP contribution is -2.44. The number of halogens is 1. The Labute approximate surface area is 134 Å². The summed E-state index contributed by atoms with van der Waals surface area (Å²) >= 11 is 0. The summed E-state index contributed by atoms with van der Waals surface area (Å²) in [6, 6.07) is 10.3. The van der Waals surface area contributed by atoms with Crippen LogP contribution in [0.15, 0.2) is 24.3 Å². The van der Waals surface area contributed by atoms with Gasteiger partial charge >= 0.3 is 0 Å². The minimum absolute atomic E-state index is 0. The van der Waals surface area contributed by atoms with Gasteiger partial charge < -0.3 is 10.6 Å². The van der Waals surface area contributed by atoms with E-state index in [9.17, 15) is 0 Å². The van der Waals surface area contributed by atoms with E-state index in [-0.39, 0.29) is 12.4 Å². The Bertz CT molecular complexity index is 426. The van der Waals surface area contributed by atoms with Gasteiger partial charge in [-0.15, -0.1) is 12.4 Å². The molecule has 2 aliphatic rings. The molecule has 0 saturated carbocycles. The van der Waals surface area contributed by atoms with Crippen molar-refractivity contribution >= 4 is 18.1 Å². The van der Waals surface area contributed by atoms with E-state index >= 15 is 0 Å². The average molecular weight is 310 g/mol. The zero-order valence-electron chi connectivity index (χ0n) is 13.0. The molecule has 1 aromatic carbocycles. The summed E-state index contributed by atoms with van der Waals surface area (Å²) in [4.78, 5) is 5.15. The summed E-state index contributed by atoms with van der Waals surface area (Å²) in [5.74, 6) is 0. The molecule has 0 spiro atoms. The molecule has 0 aromatic heterocycles. The van der Waals surface area contributed by atoms with Crippen LogP contribution in [-0.4, -0.2) is 43.2 Å². The van der Waals surface area contributed by atoms with E-state index in [0.717, 1.165) is 19.0 Å². The van der Waals surface area contributed by atoms with E-state index < -0.39 is 0 Å². The fourth-order valence-corrected chi connectivity index (χ4v) is 3.58. The lowest BCUT2D eigenvalue weighted by Gasteiger charge is -2.38. The topological polar surface area (TPSA) is 32.5 Å². The maximum atomic E-state index is 6.03. The van der Waals surface area contributed by atoms with Crippen molar-refractivity contribution in [1.29, 1.82) is 0 Å². The zero-order chi connectivity index (χ0) is 13.9. The molecular weight excluding hydrogens is 282 g/mol. The van der Waals surface area contributed by atoms with Gasteiger partial charge in [-0.2, -0.15) is 0 Å². The van der Waals surface area contributed by atoms with Gasteiger partial charge in [-0.1, -0.05) is 19.1 Å². The van der Waals surface area contributed by atoms with E-state index in [1.165, 1.54) is 50.1 Å². The van der Waals surface area contributed by atoms with Crippen molar-refractivity contribution in [3.63, 3.8) is 0 Å². The van der Waals surface area contributed by atoms with Crippen LogP contribution in [0.4, 0.5) is 5.69 Å². The van der Waals surface area contributed by atoms with Gasteiger partial charge in [-0.3, -0.25) is 4.90 Å². The number of benzene rings is 1. The number of aryl methyl sites for hydroxylation is 1. The standard InChI is InChI=1S/C17H27N3.ClH/c1-2-14-3-5-16(6-4-14)19-11-8-17(9-12-19)20-10-7-15(18)13-20;/h3-6,15,17H,2,7-13,18H2,1H3;1H/t15-;/m1./s1. The maximum absolute atomic E-state index is 6.03. The van der Waals surface area contributed by atoms with Crippen LogP contribution in [0.25, 0.3) is 0 Å². The second-order valence-electron chi connectivity index (χ2n) is 6.28. The first kappa shape index (κ1) is 16.6. The quantitative estimate of drug-likeness (QED) is 0.932. The number of nitrogens with zero attached hydrogens (tertiary/aromatic N) is 2. The second-order valence-corrected chi connectivity index (χ2v) is 6.28. The van der Waals surface area contributed by atoms with Crippen molar-refractivity contribution in [3.05, 3.63) is 29.8 Å². The first-order valence-corrected chi connectivity index (χ1v) is 8.10. The summed E-state index contributed by atoms with van der Waals surface area (Å²) in [5.41, 5.74) is 8.84. The van der Waals surface area contributed by atoms with Crippen molar-refractivity contribution in [2.45, 2.75) is 44.7 Å². The molecule has 0 aliphatic carbocycles. The van der Waals surface area contributed by atoms with E-state index in [1.807, 2.05) is 0 Å². The van der Waals surface area contributed by atoms with E-state index in [2.05, 4.69) is 41.0 Å². The van der Waals surface area contributed by atoms with Gasteiger partial charge in [0.1, 0.15) is 0 Å². The first-order chi connectivity index (χ1) is 9.76. The third-order valence-electron chi connectivity index (χ3n) is 4.95. The largest absolute Gasteiger partial charge is 0.371 e.